The van der Waals surface area contributed by atoms with E-state index in [1.165, 1.54) is 37.6 Å². The van der Waals surface area contributed by atoms with Gasteiger partial charge in [-0.3, -0.25) is 0 Å². The molecule has 0 atom stereocenters. The van der Waals surface area contributed by atoms with Gasteiger partial charge in [-0.05, 0) is 63.7 Å². The van der Waals surface area contributed by atoms with Crippen molar-refractivity contribution in [3.63, 3.8) is 0 Å². The van der Waals surface area contributed by atoms with E-state index in [-0.39, 0.29) is 5.41 Å². The number of nitrogens with zero attached hydrogens (tertiary/aromatic N) is 2. The van der Waals surface area contributed by atoms with Crippen LogP contribution in [-0.2, 0) is 5.41 Å². The maximum absolute atomic E-state index is 5.10. The second-order valence-corrected chi connectivity index (χ2v) is 13.0. The van der Waals surface area contributed by atoms with Crippen molar-refractivity contribution in [3.8, 4) is 44.9 Å². The molecule has 0 amide bonds. The van der Waals surface area contributed by atoms with E-state index in [1.54, 1.807) is 0 Å². The first kappa shape index (κ1) is 26.6. The van der Waals surface area contributed by atoms with Crippen molar-refractivity contribution in [2.24, 2.45) is 0 Å². The van der Waals surface area contributed by atoms with Crippen molar-refractivity contribution < 1.29 is 0 Å². The summed E-state index contributed by atoms with van der Waals surface area (Å²) in [6.45, 7) is 4.67. The van der Waals surface area contributed by atoms with Gasteiger partial charge in [0, 0.05) is 31.7 Å². The van der Waals surface area contributed by atoms with Crippen LogP contribution in [0.5, 0.6) is 0 Å². The third-order valence-electron chi connectivity index (χ3n) is 8.74. The van der Waals surface area contributed by atoms with Gasteiger partial charge in [-0.25, -0.2) is 9.97 Å². The van der Waals surface area contributed by atoms with Gasteiger partial charge in [0.1, 0.15) is 0 Å². The number of aromatic nitrogens is 2. The molecular formula is C41H30N2S. The molecule has 7 aromatic rings. The van der Waals surface area contributed by atoms with Crippen molar-refractivity contribution in [3.05, 3.63) is 157 Å². The molecule has 0 unspecified atom stereocenters. The lowest BCUT2D eigenvalue weighted by atomic mass is 9.77. The third kappa shape index (κ3) is 4.61. The minimum Gasteiger partial charge on any atom is -0.228 e. The van der Waals surface area contributed by atoms with Crippen LogP contribution in [-0.4, -0.2) is 9.97 Å². The summed E-state index contributed by atoms with van der Waals surface area (Å²) in [5.41, 5.74) is 11.5. The minimum atomic E-state index is -0.0246. The monoisotopic (exact) mass is 582 g/mol. The molecule has 6 aromatic carbocycles. The van der Waals surface area contributed by atoms with Gasteiger partial charge in [0.25, 0.3) is 0 Å². The largest absolute Gasteiger partial charge is 0.228 e. The van der Waals surface area contributed by atoms with Gasteiger partial charge in [-0.1, -0.05) is 141 Å². The van der Waals surface area contributed by atoms with Gasteiger partial charge in [-0.2, -0.15) is 0 Å². The standard InChI is InChI=1S/C41H30N2S/c1-41(2)34-19-7-9-21-37(34)44-38-26-31(22-23-35(38)41)29-15-10-14-28(24-29)30-16-11-17-32(25-30)40-42-36-20-8-6-18-33(36)39(43-40)27-12-4-3-5-13-27/h3-26H,1-2H3. The predicted molar refractivity (Wildman–Crippen MR) is 184 cm³/mol. The summed E-state index contributed by atoms with van der Waals surface area (Å²) in [6.07, 6.45) is 0. The van der Waals surface area contributed by atoms with Crippen molar-refractivity contribution >= 4 is 22.7 Å². The van der Waals surface area contributed by atoms with Crippen LogP contribution in [0.15, 0.2) is 155 Å². The van der Waals surface area contributed by atoms with E-state index in [9.17, 15) is 0 Å². The summed E-state index contributed by atoms with van der Waals surface area (Å²) in [5.74, 6) is 0.732. The molecule has 3 heteroatoms. The van der Waals surface area contributed by atoms with Gasteiger partial charge in [0.2, 0.25) is 0 Å². The summed E-state index contributed by atoms with van der Waals surface area (Å²) in [6, 6.07) is 51.8. The molecule has 0 saturated carbocycles. The number of benzene rings is 6. The molecule has 0 aliphatic carbocycles. The first-order chi connectivity index (χ1) is 21.5. The van der Waals surface area contributed by atoms with Crippen molar-refractivity contribution in [1.82, 2.24) is 9.97 Å². The Labute approximate surface area is 262 Å². The molecule has 44 heavy (non-hydrogen) atoms. The Hall–Kier alpha value is -4.99. The van der Waals surface area contributed by atoms with Gasteiger partial charge in [-0.15, -0.1) is 0 Å². The van der Waals surface area contributed by atoms with Crippen LogP contribution in [0.1, 0.15) is 25.0 Å². The number of hydrogen-bond donors (Lipinski definition) is 0. The fourth-order valence-electron chi connectivity index (χ4n) is 6.38. The Morgan fingerprint density at radius 2 is 1.05 bits per heavy atom. The molecule has 0 bridgehead atoms. The van der Waals surface area contributed by atoms with E-state index in [0.717, 1.165) is 39.1 Å². The quantitative estimate of drug-likeness (QED) is 0.206. The molecule has 0 saturated heterocycles. The van der Waals surface area contributed by atoms with E-state index < -0.39 is 0 Å². The third-order valence-corrected chi connectivity index (χ3v) is 9.87. The average molecular weight is 583 g/mol. The number of fused-ring (bicyclic) bond motifs is 3. The second kappa shape index (κ2) is 10.6. The molecule has 2 nitrogen and oxygen atoms in total. The fraction of sp³-hybridized carbons (Fsp3) is 0.0732. The second-order valence-electron chi connectivity index (χ2n) is 11.9. The van der Waals surface area contributed by atoms with Gasteiger partial charge >= 0.3 is 0 Å². The van der Waals surface area contributed by atoms with Gasteiger partial charge < -0.3 is 0 Å². The predicted octanol–water partition coefficient (Wildman–Crippen LogP) is 11.1. The number of hydrogen-bond acceptors (Lipinski definition) is 3. The molecule has 0 radical (unpaired) electrons. The summed E-state index contributed by atoms with van der Waals surface area (Å²) in [5, 5.41) is 1.06. The molecular weight excluding hydrogens is 553 g/mol. The first-order valence-corrected chi connectivity index (χ1v) is 15.8. The zero-order valence-corrected chi connectivity index (χ0v) is 25.5. The molecule has 1 aromatic heterocycles. The molecule has 1 aliphatic rings. The average Bonchev–Trinajstić information content (AvgIpc) is 3.08. The van der Waals surface area contributed by atoms with Crippen molar-refractivity contribution in [1.29, 1.82) is 0 Å². The van der Waals surface area contributed by atoms with Crippen molar-refractivity contribution in [2.75, 3.05) is 0 Å². The highest BCUT2D eigenvalue weighted by Crippen LogP contribution is 2.49. The van der Waals surface area contributed by atoms with Crippen LogP contribution in [0.4, 0.5) is 0 Å². The number of para-hydroxylation sites is 1. The lowest BCUT2D eigenvalue weighted by Gasteiger charge is -2.34. The van der Waals surface area contributed by atoms with Crippen LogP contribution >= 0.6 is 11.8 Å². The summed E-state index contributed by atoms with van der Waals surface area (Å²) >= 11 is 1.88. The zero-order valence-electron chi connectivity index (χ0n) is 24.7. The maximum atomic E-state index is 5.10. The maximum Gasteiger partial charge on any atom is 0.160 e. The lowest BCUT2D eigenvalue weighted by Crippen LogP contribution is -2.23. The number of rotatable bonds is 4. The van der Waals surface area contributed by atoms with E-state index in [2.05, 4.69) is 141 Å². The van der Waals surface area contributed by atoms with Crippen molar-refractivity contribution in [2.45, 2.75) is 29.1 Å². The zero-order chi connectivity index (χ0) is 29.7. The van der Waals surface area contributed by atoms with Crippen LogP contribution in [0, 0.1) is 0 Å². The Bertz CT molecular complexity index is 2180. The van der Waals surface area contributed by atoms with Crippen LogP contribution in [0.2, 0.25) is 0 Å². The summed E-state index contributed by atoms with van der Waals surface area (Å²) in [4.78, 5) is 12.8. The highest BCUT2D eigenvalue weighted by Gasteiger charge is 2.32. The highest BCUT2D eigenvalue weighted by molar-refractivity contribution is 7.99. The fourth-order valence-corrected chi connectivity index (χ4v) is 7.81. The van der Waals surface area contributed by atoms with Crippen LogP contribution in [0.25, 0.3) is 55.8 Å². The lowest BCUT2D eigenvalue weighted by molar-refractivity contribution is 0.607. The molecule has 1 aliphatic heterocycles. The molecule has 0 fully saturated rings. The summed E-state index contributed by atoms with van der Waals surface area (Å²) < 4.78 is 0. The Morgan fingerprint density at radius 1 is 0.455 bits per heavy atom. The molecule has 8 rings (SSSR count). The summed E-state index contributed by atoms with van der Waals surface area (Å²) in [7, 11) is 0. The van der Waals surface area contributed by atoms with E-state index in [4.69, 9.17) is 9.97 Å². The topological polar surface area (TPSA) is 25.8 Å². The Kier molecular flexibility index (Phi) is 6.43. The van der Waals surface area contributed by atoms with E-state index >= 15 is 0 Å². The Morgan fingerprint density at radius 3 is 1.84 bits per heavy atom. The van der Waals surface area contributed by atoms with Crippen LogP contribution in [0.3, 0.4) is 0 Å². The molecule has 0 N–H and O–H groups in total. The SMILES string of the molecule is CC1(C)c2ccccc2Sc2cc(-c3cccc(-c4cccc(-c5nc(-c6ccccc6)c6ccccc6n5)c4)c3)ccc21. The van der Waals surface area contributed by atoms with E-state index in [1.807, 2.05) is 30.0 Å². The minimum absolute atomic E-state index is 0.0246. The highest BCUT2D eigenvalue weighted by atomic mass is 32.2. The van der Waals surface area contributed by atoms with Gasteiger partial charge in [0.05, 0.1) is 11.2 Å². The van der Waals surface area contributed by atoms with Crippen LogP contribution < -0.4 is 0 Å². The first-order valence-electron chi connectivity index (χ1n) is 15.0. The smallest absolute Gasteiger partial charge is 0.160 e. The van der Waals surface area contributed by atoms with E-state index in [0.29, 0.717) is 0 Å². The normalized spacial score (nSPS) is 13.3. The molecule has 0 spiro atoms. The Balaban J connectivity index is 1.17. The molecule has 2 heterocycles. The molecule has 210 valence electrons. The van der Waals surface area contributed by atoms with Gasteiger partial charge in [0.15, 0.2) is 5.82 Å².